The smallest absolute Gasteiger partial charge is 0.145 e. The van der Waals surface area contributed by atoms with Crippen molar-refractivity contribution >= 4 is 82.7 Å². The summed E-state index contributed by atoms with van der Waals surface area (Å²) < 4.78 is 16.0. The minimum Gasteiger partial charge on any atom is -0.455 e. The Morgan fingerprint density at radius 1 is 0.362 bits per heavy atom. The fraction of sp³-hybridized carbons (Fsp3) is 0. The summed E-state index contributed by atoms with van der Waals surface area (Å²) >= 11 is 0. The summed E-state index contributed by atoms with van der Waals surface area (Å²) in [6, 6.07) is 73.1. The molecule has 272 valence electrons. The lowest BCUT2D eigenvalue weighted by Gasteiger charge is -2.30. The molecule has 4 heteroatoms. The van der Waals surface area contributed by atoms with Crippen molar-refractivity contribution in [2.24, 2.45) is 0 Å². The molecule has 3 heterocycles. The number of aromatic nitrogens is 1. The molecule has 3 aromatic heterocycles. The molecule has 0 aliphatic heterocycles. The second-order valence-corrected chi connectivity index (χ2v) is 14.8. The predicted molar refractivity (Wildman–Crippen MR) is 241 cm³/mol. The molecular weight excluding hydrogens is 709 g/mol. The molecule has 9 aromatic carbocycles. The van der Waals surface area contributed by atoms with Crippen LogP contribution in [0.15, 0.2) is 215 Å². The van der Waals surface area contributed by atoms with E-state index in [0.717, 1.165) is 88.9 Å². The van der Waals surface area contributed by atoms with Crippen molar-refractivity contribution in [3.63, 3.8) is 0 Å². The molecule has 58 heavy (non-hydrogen) atoms. The van der Waals surface area contributed by atoms with Gasteiger partial charge in [-0.1, -0.05) is 140 Å². The van der Waals surface area contributed by atoms with Gasteiger partial charge in [-0.2, -0.15) is 0 Å². The zero-order chi connectivity index (χ0) is 38.2. The third-order valence-electron chi connectivity index (χ3n) is 11.6. The fourth-order valence-electron chi connectivity index (χ4n) is 9.09. The van der Waals surface area contributed by atoms with Gasteiger partial charge in [0.05, 0.1) is 22.4 Å². The minimum atomic E-state index is 0.843. The summed E-state index contributed by atoms with van der Waals surface area (Å²) in [5.74, 6) is 0. The van der Waals surface area contributed by atoms with E-state index < -0.39 is 0 Å². The van der Waals surface area contributed by atoms with Gasteiger partial charge in [0.2, 0.25) is 0 Å². The van der Waals surface area contributed by atoms with Gasteiger partial charge in [0.1, 0.15) is 22.3 Å². The highest BCUT2D eigenvalue weighted by atomic mass is 16.3. The molecule has 0 N–H and O–H groups in total. The van der Waals surface area contributed by atoms with Crippen LogP contribution >= 0.6 is 0 Å². The van der Waals surface area contributed by atoms with Gasteiger partial charge >= 0.3 is 0 Å². The second-order valence-electron chi connectivity index (χ2n) is 14.8. The molecule has 12 aromatic rings. The number of para-hydroxylation sites is 7. The Bertz CT molecular complexity index is 3480. The normalized spacial score (nSPS) is 11.8. The molecule has 0 saturated carbocycles. The number of hydrogen-bond donors (Lipinski definition) is 0. The lowest BCUT2D eigenvalue weighted by atomic mass is 9.96. The van der Waals surface area contributed by atoms with Crippen molar-refractivity contribution < 1.29 is 8.83 Å². The first-order valence-corrected chi connectivity index (χ1v) is 19.7. The van der Waals surface area contributed by atoms with Gasteiger partial charge in [0.15, 0.2) is 0 Å². The SMILES string of the molecule is c1ccc(N(c2ccccc2-c2cccc3c2oc2ccccc23)c2ccc3c(oc4ccccc43)c2-c2cccc(-n3c4ccccc4c4ccccc43)c2)cc1. The number of nitrogens with zero attached hydrogens (tertiary/aromatic N) is 2. The lowest BCUT2D eigenvalue weighted by Crippen LogP contribution is -2.12. The van der Waals surface area contributed by atoms with Gasteiger partial charge in [0.25, 0.3) is 0 Å². The molecule has 0 atom stereocenters. The first kappa shape index (κ1) is 32.4. The Hall–Kier alpha value is -7.82. The number of hydrogen-bond acceptors (Lipinski definition) is 3. The van der Waals surface area contributed by atoms with Crippen LogP contribution in [0.3, 0.4) is 0 Å². The summed E-state index contributed by atoms with van der Waals surface area (Å²) in [5, 5.41) is 6.83. The fourth-order valence-corrected chi connectivity index (χ4v) is 9.09. The number of benzene rings is 9. The molecule has 0 saturated heterocycles. The van der Waals surface area contributed by atoms with E-state index in [4.69, 9.17) is 8.83 Å². The molecule has 0 unspecified atom stereocenters. The lowest BCUT2D eigenvalue weighted by molar-refractivity contribution is 0.669. The largest absolute Gasteiger partial charge is 0.455 e. The van der Waals surface area contributed by atoms with Gasteiger partial charge in [0, 0.05) is 60.4 Å². The molecule has 12 rings (SSSR count). The average Bonchev–Trinajstić information content (AvgIpc) is 3.97. The summed E-state index contributed by atoms with van der Waals surface area (Å²) in [6.07, 6.45) is 0. The van der Waals surface area contributed by atoms with Gasteiger partial charge in [-0.3, -0.25) is 0 Å². The topological polar surface area (TPSA) is 34.5 Å². The van der Waals surface area contributed by atoms with E-state index in [1.807, 2.05) is 18.2 Å². The highest BCUT2D eigenvalue weighted by Gasteiger charge is 2.26. The van der Waals surface area contributed by atoms with Gasteiger partial charge < -0.3 is 18.3 Å². The quantitative estimate of drug-likeness (QED) is 0.170. The Morgan fingerprint density at radius 2 is 0.914 bits per heavy atom. The molecule has 0 aliphatic carbocycles. The Labute approximate surface area is 334 Å². The molecule has 0 amide bonds. The summed E-state index contributed by atoms with van der Waals surface area (Å²) in [5.41, 5.74) is 14.1. The molecule has 0 radical (unpaired) electrons. The van der Waals surface area contributed by atoms with Crippen LogP contribution in [0.5, 0.6) is 0 Å². The van der Waals surface area contributed by atoms with E-state index in [0.29, 0.717) is 0 Å². The molecule has 0 aliphatic rings. The summed E-state index contributed by atoms with van der Waals surface area (Å²) in [4.78, 5) is 2.38. The maximum absolute atomic E-state index is 6.93. The Morgan fingerprint density at radius 3 is 1.66 bits per heavy atom. The first-order chi connectivity index (χ1) is 28.8. The van der Waals surface area contributed by atoms with Crippen LogP contribution < -0.4 is 4.90 Å². The van der Waals surface area contributed by atoms with Crippen molar-refractivity contribution in [1.29, 1.82) is 0 Å². The monoisotopic (exact) mass is 742 g/mol. The number of rotatable bonds is 6. The van der Waals surface area contributed by atoms with E-state index in [1.54, 1.807) is 0 Å². The third-order valence-corrected chi connectivity index (χ3v) is 11.6. The maximum atomic E-state index is 6.93. The molecular formula is C54H34N2O2. The van der Waals surface area contributed by atoms with Crippen molar-refractivity contribution in [2.45, 2.75) is 0 Å². The van der Waals surface area contributed by atoms with Crippen LogP contribution in [0, 0.1) is 0 Å². The van der Waals surface area contributed by atoms with Crippen LogP contribution in [-0.2, 0) is 0 Å². The first-order valence-electron chi connectivity index (χ1n) is 19.7. The number of furan rings is 2. The van der Waals surface area contributed by atoms with E-state index in [2.05, 4.69) is 198 Å². The maximum Gasteiger partial charge on any atom is 0.145 e. The van der Waals surface area contributed by atoms with Crippen molar-refractivity contribution in [3.05, 3.63) is 206 Å². The Kier molecular flexibility index (Phi) is 7.20. The number of fused-ring (bicyclic) bond motifs is 9. The Balaban J connectivity index is 1.15. The number of anilines is 3. The summed E-state index contributed by atoms with van der Waals surface area (Å²) in [7, 11) is 0. The predicted octanol–water partition coefficient (Wildman–Crippen LogP) is 15.4. The van der Waals surface area contributed by atoms with E-state index >= 15 is 0 Å². The van der Waals surface area contributed by atoms with E-state index in [-0.39, 0.29) is 0 Å². The van der Waals surface area contributed by atoms with Gasteiger partial charge in [-0.25, -0.2) is 0 Å². The van der Waals surface area contributed by atoms with Crippen molar-refractivity contribution in [3.8, 4) is 27.9 Å². The summed E-state index contributed by atoms with van der Waals surface area (Å²) in [6.45, 7) is 0. The molecule has 0 fully saturated rings. The molecule has 4 nitrogen and oxygen atoms in total. The van der Waals surface area contributed by atoms with E-state index in [9.17, 15) is 0 Å². The van der Waals surface area contributed by atoms with Crippen molar-refractivity contribution in [2.75, 3.05) is 4.90 Å². The van der Waals surface area contributed by atoms with Crippen molar-refractivity contribution in [1.82, 2.24) is 4.57 Å². The van der Waals surface area contributed by atoms with Gasteiger partial charge in [-0.05, 0) is 72.3 Å². The zero-order valence-electron chi connectivity index (χ0n) is 31.3. The van der Waals surface area contributed by atoms with Crippen LogP contribution in [0.4, 0.5) is 17.1 Å². The van der Waals surface area contributed by atoms with Crippen LogP contribution in [0.25, 0.3) is 93.6 Å². The minimum absolute atomic E-state index is 0.843. The molecule has 0 spiro atoms. The van der Waals surface area contributed by atoms with Crippen LogP contribution in [0.2, 0.25) is 0 Å². The standard InChI is InChI=1S/C54H34N2O2/c1-2-17-36(18-3-1)55(48-29-11-6-22-40(48)43-25-15-26-44-41-23-7-12-30-50(41)57-53(43)44)49-33-32-45-42-24-8-13-31-51(42)58-54(45)52(49)35-16-14-19-37(34-35)56-46-27-9-4-20-38(46)39-21-5-10-28-47(39)56/h1-34H. The van der Waals surface area contributed by atoms with Crippen LogP contribution in [0.1, 0.15) is 0 Å². The molecule has 0 bridgehead atoms. The van der Waals surface area contributed by atoms with E-state index in [1.165, 1.54) is 21.8 Å². The third kappa shape index (κ3) is 4.88. The van der Waals surface area contributed by atoms with Crippen LogP contribution in [-0.4, -0.2) is 4.57 Å². The van der Waals surface area contributed by atoms with Gasteiger partial charge in [-0.15, -0.1) is 0 Å². The second kappa shape index (κ2) is 12.9. The highest BCUT2D eigenvalue weighted by Crippen LogP contribution is 2.50. The highest BCUT2D eigenvalue weighted by molar-refractivity contribution is 6.15. The zero-order valence-corrected chi connectivity index (χ0v) is 31.3. The average molecular weight is 743 g/mol.